The van der Waals surface area contributed by atoms with Gasteiger partial charge in [0.15, 0.2) is 0 Å². The molecule has 0 saturated carbocycles. The number of rotatable bonds is 10. The number of carboxylic acid groups (broad SMARTS) is 1. The van der Waals surface area contributed by atoms with E-state index in [0.717, 1.165) is 32.5 Å². The molecule has 0 bridgehead atoms. The van der Waals surface area contributed by atoms with Gasteiger partial charge in [-0.15, -0.1) is 0 Å². The molecule has 0 rings (SSSR count). The molecule has 0 aromatic heterocycles. The van der Waals surface area contributed by atoms with Crippen LogP contribution >= 0.6 is 0 Å². The fraction of sp³-hybridized carbons (Fsp3) is 0.769. The van der Waals surface area contributed by atoms with Gasteiger partial charge in [0.05, 0.1) is 0 Å². The standard InChI is InChI=1S/C13H26N2O2/c1-5-15(6-2)9-7-8-12(4)14-10-11(3)13(16)17/h12,14H,3,5-10H2,1-2,4H3,(H,16,17). The van der Waals surface area contributed by atoms with Crippen molar-refractivity contribution in [2.45, 2.75) is 39.7 Å². The largest absolute Gasteiger partial charge is 0.478 e. The van der Waals surface area contributed by atoms with Crippen LogP contribution in [0.4, 0.5) is 0 Å². The van der Waals surface area contributed by atoms with Crippen LogP contribution in [0.25, 0.3) is 0 Å². The van der Waals surface area contributed by atoms with Crippen molar-refractivity contribution in [1.29, 1.82) is 0 Å². The number of nitrogens with zero attached hydrogens (tertiary/aromatic N) is 1. The highest BCUT2D eigenvalue weighted by molar-refractivity contribution is 5.86. The summed E-state index contributed by atoms with van der Waals surface area (Å²) in [5.41, 5.74) is 0.223. The molecular formula is C13H26N2O2. The van der Waals surface area contributed by atoms with Crippen LogP contribution in [0.5, 0.6) is 0 Å². The lowest BCUT2D eigenvalue weighted by Crippen LogP contribution is -2.31. The van der Waals surface area contributed by atoms with Gasteiger partial charge in [-0.1, -0.05) is 20.4 Å². The highest BCUT2D eigenvalue weighted by Gasteiger charge is 2.07. The Morgan fingerprint density at radius 1 is 1.41 bits per heavy atom. The van der Waals surface area contributed by atoms with Gasteiger partial charge in [-0.25, -0.2) is 4.79 Å². The predicted octanol–water partition coefficient (Wildman–Crippen LogP) is 1.73. The van der Waals surface area contributed by atoms with Crippen LogP contribution in [0, 0.1) is 0 Å². The van der Waals surface area contributed by atoms with Crippen LogP contribution < -0.4 is 5.32 Å². The molecule has 0 fully saturated rings. The Labute approximate surface area is 105 Å². The van der Waals surface area contributed by atoms with Gasteiger partial charge in [0, 0.05) is 18.2 Å². The van der Waals surface area contributed by atoms with Crippen molar-refractivity contribution >= 4 is 5.97 Å². The molecular weight excluding hydrogens is 216 g/mol. The minimum Gasteiger partial charge on any atom is -0.478 e. The number of carbonyl (C=O) groups is 1. The minimum absolute atomic E-state index is 0.223. The first-order valence-corrected chi connectivity index (χ1v) is 6.38. The normalized spacial score (nSPS) is 12.7. The summed E-state index contributed by atoms with van der Waals surface area (Å²) < 4.78 is 0. The highest BCUT2D eigenvalue weighted by atomic mass is 16.4. The van der Waals surface area contributed by atoms with E-state index in [1.54, 1.807) is 0 Å². The lowest BCUT2D eigenvalue weighted by molar-refractivity contribution is -0.132. The summed E-state index contributed by atoms with van der Waals surface area (Å²) in [6.07, 6.45) is 2.19. The molecule has 0 aliphatic carbocycles. The fourth-order valence-electron chi connectivity index (χ4n) is 1.64. The van der Waals surface area contributed by atoms with Crippen molar-refractivity contribution in [1.82, 2.24) is 10.2 Å². The van der Waals surface area contributed by atoms with Gasteiger partial charge in [-0.3, -0.25) is 0 Å². The molecule has 1 unspecified atom stereocenters. The summed E-state index contributed by atoms with van der Waals surface area (Å²) in [5.74, 6) is -0.923. The average molecular weight is 242 g/mol. The van der Waals surface area contributed by atoms with E-state index in [-0.39, 0.29) is 5.57 Å². The predicted molar refractivity (Wildman–Crippen MR) is 71.3 cm³/mol. The number of nitrogens with one attached hydrogen (secondary N) is 1. The molecule has 0 aromatic rings. The van der Waals surface area contributed by atoms with E-state index in [2.05, 4.69) is 37.6 Å². The number of hydrogen-bond donors (Lipinski definition) is 2. The van der Waals surface area contributed by atoms with Gasteiger partial charge in [0.1, 0.15) is 0 Å². The summed E-state index contributed by atoms with van der Waals surface area (Å²) >= 11 is 0. The summed E-state index contributed by atoms with van der Waals surface area (Å²) in [4.78, 5) is 12.9. The summed E-state index contributed by atoms with van der Waals surface area (Å²) in [5, 5.41) is 11.8. The Morgan fingerprint density at radius 3 is 2.47 bits per heavy atom. The Kier molecular flexibility index (Phi) is 8.72. The number of hydrogen-bond acceptors (Lipinski definition) is 3. The number of aliphatic carboxylic acids is 1. The summed E-state index contributed by atoms with van der Waals surface area (Å²) in [7, 11) is 0. The molecule has 4 heteroatoms. The second kappa shape index (κ2) is 9.19. The van der Waals surface area contributed by atoms with E-state index in [1.807, 2.05) is 0 Å². The lowest BCUT2D eigenvalue weighted by Gasteiger charge is -2.19. The molecule has 0 radical (unpaired) electrons. The smallest absolute Gasteiger partial charge is 0.332 e. The van der Waals surface area contributed by atoms with Gasteiger partial charge in [-0.05, 0) is 39.4 Å². The van der Waals surface area contributed by atoms with Crippen molar-refractivity contribution in [3.8, 4) is 0 Å². The second-order valence-corrected chi connectivity index (χ2v) is 4.36. The van der Waals surface area contributed by atoms with Crippen molar-refractivity contribution in [3.05, 3.63) is 12.2 Å². The third-order valence-electron chi connectivity index (χ3n) is 2.97. The summed E-state index contributed by atoms with van der Waals surface area (Å²) in [6.45, 7) is 13.6. The lowest BCUT2D eigenvalue weighted by atomic mass is 10.1. The van der Waals surface area contributed by atoms with E-state index >= 15 is 0 Å². The van der Waals surface area contributed by atoms with Crippen molar-refractivity contribution in [2.75, 3.05) is 26.2 Å². The Balaban J connectivity index is 3.62. The van der Waals surface area contributed by atoms with Gasteiger partial charge < -0.3 is 15.3 Å². The Hall–Kier alpha value is -0.870. The molecule has 100 valence electrons. The molecule has 0 saturated heterocycles. The molecule has 2 N–H and O–H groups in total. The maximum Gasteiger partial charge on any atom is 0.332 e. The van der Waals surface area contributed by atoms with E-state index in [4.69, 9.17) is 5.11 Å². The third kappa shape index (κ3) is 7.94. The fourth-order valence-corrected chi connectivity index (χ4v) is 1.64. The molecule has 0 aliphatic rings. The summed E-state index contributed by atoms with van der Waals surface area (Å²) in [6, 6.07) is 0.335. The number of carboxylic acids is 1. The van der Waals surface area contributed by atoms with Gasteiger partial charge in [-0.2, -0.15) is 0 Å². The second-order valence-electron chi connectivity index (χ2n) is 4.36. The topological polar surface area (TPSA) is 52.6 Å². The molecule has 17 heavy (non-hydrogen) atoms. The zero-order valence-corrected chi connectivity index (χ0v) is 11.3. The first-order chi connectivity index (χ1) is 8.01. The molecule has 0 heterocycles. The van der Waals surface area contributed by atoms with E-state index in [0.29, 0.717) is 12.6 Å². The van der Waals surface area contributed by atoms with Gasteiger partial charge in [0.25, 0.3) is 0 Å². The minimum atomic E-state index is -0.923. The van der Waals surface area contributed by atoms with Crippen LogP contribution in [0.3, 0.4) is 0 Å². The molecule has 1 atom stereocenters. The molecule has 0 aromatic carbocycles. The van der Waals surface area contributed by atoms with E-state index in [1.165, 1.54) is 0 Å². The monoisotopic (exact) mass is 242 g/mol. The quantitative estimate of drug-likeness (QED) is 0.573. The third-order valence-corrected chi connectivity index (χ3v) is 2.97. The maximum absolute atomic E-state index is 10.5. The average Bonchev–Trinajstić information content (AvgIpc) is 2.31. The SMILES string of the molecule is C=C(CNC(C)CCCN(CC)CC)C(=O)O. The molecule has 0 aliphatic heterocycles. The molecule has 0 spiro atoms. The van der Waals surface area contributed by atoms with Gasteiger partial charge >= 0.3 is 5.97 Å². The maximum atomic E-state index is 10.5. The van der Waals surface area contributed by atoms with Crippen LogP contribution in [0.15, 0.2) is 12.2 Å². The van der Waals surface area contributed by atoms with Crippen LogP contribution in [-0.4, -0.2) is 48.2 Å². The Bertz CT molecular complexity index is 238. The zero-order chi connectivity index (χ0) is 13.3. The van der Waals surface area contributed by atoms with E-state index in [9.17, 15) is 4.79 Å². The first kappa shape index (κ1) is 16.1. The molecule has 0 amide bonds. The Morgan fingerprint density at radius 2 is 2.00 bits per heavy atom. The highest BCUT2D eigenvalue weighted by Crippen LogP contribution is 2.00. The zero-order valence-electron chi connectivity index (χ0n) is 11.3. The van der Waals surface area contributed by atoms with Crippen molar-refractivity contribution in [3.63, 3.8) is 0 Å². The first-order valence-electron chi connectivity index (χ1n) is 6.38. The van der Waals surface area contributed by atoms with Crippen LogP contribution in [-0.2, 0) is 4.79 Å². The van der Waals surface area contributed by atoms with E-state index < -0.39 is 5.97 Å². The van der Waals surface area contributed by atoms with Crippen LogP contribution in [0.2, 0.25) is 0 Å². The van der Waals surface area contributed by atoms with Crippen molar-refractivity contribution in [2.24, 2.45) is 0 Å². The van der Waals surface area contributed by atoms with Gasteiger partial charge in [0.2, 0.25) is 0 Å². The molecule has 4 nitrogen and oxygen atoms in total. The van der Waals surface area contributed by atoms with Crippen molar-refractivity contribution < 1.29 is 9.90 Å². The van der Waals surface area contributed by atoms with Crippen LogP contribution in [0.1, 0.15) is 33.6 Å².